The number of carboxylic acids is 1. The predicted molar refractivity (Wildman–Crippen MR) is 185 cm³/mol. The summed E-state index contributed by atoms with van der Waals surface area (Å²) in [6, 6.07) is 27.5. The number of nitrogens with zero attached hydrogens (tertiary/aromatic N) is 1. The Morgan fingerprint density at radius 2 is 1.57 bits per heavy atom. The molecular weight excluding hydrogens is 624 g/mol. The SMILES string of the molecule is CCC(Sc1cccc(NC(=O)/C(=C\c2ccc(N(C)C)cc2)NC(=O)c2ccccc2)c1)C(=O)Nc1ccc(Cl)c(C(=O)O)c1. The van der Waals surface area contributed by atoms with Crippen molar-refractivity contribution in [3.05, 3.63) is 124 Å². The Hall–Kier alpha value is -5.06. The molecule has 0 aromatic heterocycles. The van der Waals surface area contributed by atoms with Crippen molar-refractivity contribution in [2.45, 2.75) is 23.5 Å². The van der Waals surface area contributed by atoms with Gasteiger partial charge in [0.2, 0.25) is 5.91 Å². The number of hydrogen-bond donors (Lipinski definition) is 4. The van der Waals surface area contributed by atoms with Crippen LogP contribution in [-0.4, -0.2) is 48.1 Å². The molecule has 4 rings (SSSR count). The lowest BCUT2D eigenvalue weighted by molar-refractivity contribution is -0.116. The van der Waals surface area contributed by atoms with Crippen LogP contribution in [0.5, 0.6) is 0 Å². The van der Waals surface area contributed by atoms with Gasteiger partial charge in [-0.25, -0.2) is 4.79 Å². The molecule has 0 radical (unpaired) electrons. The lowest BCUT2D eigenvalue weighted by Gasteiger charge is -2.16. The van der Waals surface area contributed by atoms with E-state index >= 15 is 0 Å². The van der Waals surface area contributed by atoms with E-state index in [9.17, 15) is 24.3 Å². The molecule has 0 aliphatic rings. The van der Waals surface area contributed by atoms with Gasteiger partial charge >= 0.3 is 5.97 Å². The van der Waals surface area contributed by atoms with Gasteiger partial charge in [0.1, 0.15) is 5.70 Å². The molecule has 3 amide bonds. The van der Waals surface area contributed by atoms with Crippen LogP contribution in [0.3, 0.4) is 0 Å². The van der Waals surface area contributed by atoms with E-state index in [1.54, 1.807) is 60.7 Å². The van der Waals surface area contributed by atoms with Gasteiger partial charge < -0.3 is 26.0 Å². The van der Waals surface area contributed by atoms with Gasteiger partial charge in [0.15, 0.2) is 0 Å². The first-order valence-electron chi connectivity index (χ1n) is 14.3. The van der Waals surface area contributed by atoms with Crippen molar-refractivity contribution in [2.75, 3.05) is 29.6 Å². The maximum Gasteiger partial charge on any atom is 0.337 e. The number of carbonyl (C=O) groups is 4. The number of rotatable bonds is 12. The zero-order chi connectivity index (χ0) is 33.2. The molecular formula is C35H33ClN4O5S. The zero-order valence-corrected chi connectivity index (χ0v) is 27.0. The first kappa shape index (κ1) is 33.8. The summed E-state index contributed by atoms with van der Waals surface area (Å²) in [5.74, 6) is -2.45. The van der Waals surface area contributed by atoms with E-state index in [0.29, 0.717) is 23.4 Å². The number of amides is 3. The van der Waals surface area contributed by atoms with E-state index in [4.69, 9.17) is 11.6 Å². The molecule has 0 fully saturated rings. The van der Waals surface area contributed by atoms with E-state index in [0.717, 1.165) is 16.1 Å². The highest BCUT2D eigenvalue weighted by molar-refractivity contribution is 8.00. The number of nitrogens with one attached hydrogen (secondary N) is 3. The van der Waals surface area contributed by atoms with Crippen LogP contribution in [0, 0.1) is 0 Å². The molecule has 1 unspecified atom stereocenters. The number of halogens is 1. The highest BCUT2D eigenvalue weighted by Gasteiger charge is 2.20. The second-order valence-electron chi connectivity index (χ2n) is 10.3. The van der Waals surface area contributed by atoms with Crippen LogP contribution in [-0.2, 0) is 9.59 Å². The van der Waals surface area contributed by atoms with Crippen LogP contribution >= 0.6 is 23.4 Å². The van der Waals surface area contributed by atoms with E-state index in [-0.39, 0.29) is 22.2 Å². The van der Waals surface area contributed by atoms with E-state index < -0.39 is 23.0 Å². The molecule has 11 heteroatoms. The molecule has 1 atom stereocenters. The summed E-state index contributed by atoms with van der Waals surface area (Å²) >= 11 is 7.25. The smallest absolute Gasteiger partial charge is 0.337 e. The van der Waals surface area contributed by atoms with Gasteiger partial charge in [-0.3, -0.25) is 14.4 Å². The van der Waals surface area contributed by atoms with Crippen molar-refractivity contribution >= 4 is 70.2 Å². The summed E-state index contributed by atoms with van der Waals surface area (Å²) < 4.78 is 0. The molecule has 9 nitrogen and oxygen atoms in total. The number of carbonyl (C=O) groups excluding carboxylic acids is 3. The molecule has 0 aliphatic carbocycles. The van der Waals surface area contributed by atoms with Crippen LogP contribution in [0.2, 0.25) is 5.02 Å². The van der Waals surface area contributed by atoms with E-state index in [1.807, 2.05) is 56.3 Å². The van der Waals surface area contributed by atoms with Gasteiger partial charge in [-0.2, -0.15) is 0 Å². The standard InChI is InChI=1S/C35H33ClN4O5S/c1-4-31(34(43)38-25-15-18-29(36)28(21-25)35(44)45)46-27-12-8-11-24(20-27)37-33(42)30(39-32(41)23-9-6-5-7-10-23)19-22-13-16-26(17-14-22)40(2)3/h5-21,31H,4H2,1-3H3,(H,37,42)(H,38,43)(H,39,41)(H,44,45)/b30-19+. The number of hydrogen-bond acceptors (Lipinski definition) is 6. The summed E-state index contributed by atoms with van der Waals surface area (Å²) in [4.78, 5) is 53.7. The topological polar surface area (TPSA) is 128 Å². The Balaban J connectivity index is 1.51. The second-order valence-corrected chi connectivity index (χ2v) is 12.0. The average molecular weight is 657 g/mol. The molecule has 236 valence electrons. The minimum absolute atomic E-state index is 0.0546. The molecule has 0 aliphatic heterocycles. The van der Waals surface area contributed by atoms with Crippen LogP contribution in [0.1, 0.15) is 39.6 Å². The van der Waals surface area contributed by atoms with Crippen LogP contribution in [0.25, 0.3) is 6.08 Å². The number of thioether (sulfide) groups is 1. The Kier molecular flexibility index (Phi) is 11.6. The Morgan fingerprint density at radius 1 is 0.870 bits per heavy atom. The molecule has 4 aromatic rings. The monoisotopic (exact) mass is 656 g/mol. The molecule has 0 saturated carbocycles. The minimum Gasteiger partial charge on any atom is -0.478 e. The van der Waals surface area contributed by atoms with Crippen molar-refractivity contribution in [1.82, 2.24) is 5.32 Å². The van der Waals surface area contributed by atoms with E-state index in [2.05, 4.69) is 16.0 Å². The fourth-order valence-corrected chi connectivity index (χ4v) is 5.51. The lowest BCUT2D eigenvalue weighted by atomic mass is 10.1. The molecule has 4 N–H and O–H groups in total. The Bertz CT molecular complexity index is 1760. The van der Waals surface area contributed by atoms with Gasteiger partial charge in [0.05, 0.1) is 15.8 Å². The van der Waals surface area contributed by atoms with Gasteiger partial charge in [-0.15, -0.1) is 11.8 Å². The van der Waals surface area contributed by atoms with Crippen LogP contribution < -0.4 is 20.9 Å². The van der Waals surface area contributed by atoms with Crippen molar-refractivity contribution in [3.63, 3.8) is 0 Å². The lowest BCUT2D eigenvalue weighted by Crippen LogP contribution is -2.30. The Morgan fingerprint density at radius 3 is 2.22 bits per heavy atom. The third-order valence-electron chi connectivity index (χ3n) is 6.75. The van der Waals surface area contributed by atoms with Crippen molar-refractivity contribution in [3.8, 4) is 0 Å². The van der Waals surface area contributed by atoms with Crippen molar-refractivity contribution in [1.29, 1.82) is 0 Å². The molecule has 0 spiro atoms. The largest absolute Gasteiger partial charge is 0.478 e. The molecule has 0 heterocycles. The highest BCUT2D eigenvalue weighted by Crippen LogP contribution is 2.29. The zero-order valence-electron chi connectivity index (χ0n) is 25.4. The number of aromatic carboxylic acids is 1. The van der Waals surface area contributed by atoms with Gasteiger partial charge in [-0.1, -0.05) is 54.9 Å². The summed E-state index contributed by atoms with van der Waals surface area (Å²) in [5, 5.41) is 17.3. The first-order valence-corrected chi connectivity index (χ1v) is 15.6. The number of anilines is 3. The average Bonchev–Trinajstić information content (AvgIpc) is 3.04. The van der Waals surface area contributed by atoms with Gasteiger partial charge in [-0.05, 0) is 78.7 Å². The Labute approximate surface area is 276 Å². The van der Waals surface area contributed by atoms with E-state index in [1.165, 1.54) is 23.9 Å². The summed E-state index contributed by atoms with van der Waals surface area (Å²) in [6.45, 7) is 1.87. The van der Waals surface area contributed by atoms with Crippen LogP contribution in [0.4, 0.5) is 17.1 Å². The highest BCUT2D eigenvalue weighted by atomic mass is 35.5. The third-order valence-corrected chi connectivity index (χ3v) is 8.43. The molecule has 46 heavy (non-hydrogen) atoms. The number of carboxylic acid groups (broad SMARTS) is 1. The molecule has 0 bridgehead atoms. The fourth-order valence-electron chi connectivity index (χ4n) is 4.30. The minimum atomic E-state index is -1.19. The van der Waals surface area contributed by atoms with Gasteiger partial charge in [0, 0.05) is 41.6 Å². The maximum absolute atomic E-state index is 13.5. The summed E-state index contributed by atoms with van der Waals surface area (Å²) in [6.07, 6.45) is 2.09. The number of benzene rings is 4. The maximum atomic E-state index is 13.5. The first-order chi connectivity index (χ1) is 22.0. The van der Waals surface area contributed by atoms with Crippen LogP contribution in [0.15, 0.2) is 108 Å². The second kappa shape index (κ2) is 15.8. The van der Waals surface area contributed by atoms with Crippen molar-refractivity contribution < 1.29 is 24.3 Å². The molecule has 0 saturated heterocycles. The van der Waals surface area contributed by atoms with Crippen molar-refractivity contribution in [2.24, 2.45) is 0 Å². The quantitative estimate of drug-likeness (QED) is 0.0953. The third kappa shape index (κ3) is 9.23. The predicted octanol–water partition coefficient (Wildman–Crippen LogP) is 7.02. The summed E-state index contributed by atoms with van der Waals surface area (Å²) in [7, 11) is 3.86. The van der Waals surface area contributed by atoms with Gasteiger partial charge in [0.25, 0.3) is 11.8 Å². The molecule has 4 aromatic carbocycles. The summed E-state index contributed by atoms with van der Waals surface area (Å²) in [5.41, 5.74) is 2.85. The normalized spacial score (nSPS) is 11.7. The fraction of sp³-hybridized carbons (Fsp3) is 0.143.